The SMILES string of the molecule is CCNC(c1ccc(CC)o1)c1nccn1CC. The lowest BCUT2D eigenvalue weighted by Gasteiger charge is -2.16. The molecule has 0 radical (unpaired) electrons. The Morgan fingerprint density at radius 1 is 1.33 bits per heavy atom. The lowest BCUT2D eigenvalue weighted by molar-refractivity contribution is 0.411. The minimum atomic E-state index is 0.0326. The summed E-state index contributed by atoms with van der Waals surface area (Å²) in [7, 11) is 0. The number of aryl methyl sites for hydroxylation is 2. The summed E-state index contributed by atoms with van der Waals surface area (Å²) < 4.78 is 8.00. The van der Waals surface area contributed by atoms with Gasteiger partial charge in [0.15, 0.2) is 0 Å². The Balaban J connectivity index is 2.33. The van der Waals surface area contributed by atoms with E-state index in [1.165, 1.54) is 0 Å². The van der Waals surface area contributed by atoms with Gasteiger partial charge in [0, 0.05) is 25.4 Å². The number of nitrogens with zero attached hydrogens (tertiary/aromatic N) is 2. The third kappa shape index (κ3) is 2.48. The van der Waals surface area contributed by atoms with Gasteiger partial charge in [0.1, 0.15) is 23.4 Å². The van der Waals surface area contributed by atoms with Gasteiger partial charge in [0.2, 0.25) is 0 Å². The number of hydrogen-bond acceptors (Lipinski definition) is 3. The zero-order chi connectivity index (χ0) is 13.0. The van der Waals surface area contributed by atoms with Gasteiger partial charge in [0.05, 0.1) is 0 Å². The molecule has 0 amide bonds. The van der Waals surface area contributed by atoms with Gasteiger partial charge in [-0.25, -0.2) is 4.98 Å². The predicted octanol–water partition coefficient (Wildman–Crippen LogP) is 2.76. The molecule has 2 heterocycles. The van der Waals surface area contributed by atoms with Crippen LogP contribution in [0.3, 0.4) is 0 Å². The van der Waals surface area contributed by atoms with Crippen molar-refractivity contribution in [3.8, 4) is 0 Å². The van der Waals surface area contributed by atoms with Crippen molar-refractivity contribution < 1.29 is 4.42 Å². The quantitative estimate of drug-likeness (QED) is 0.853. The number of imidazole rings is 1. The monoisotopic (exact) mass is 247 g/mol. The molecule has 0 aromatic carbocycles. The standard InChI is InChI=1S/C14H21N3O/c1-4-11-7-8-12(18-11)13(15-5-2)14-16-9-10-17(14)6-3/h7-10,13,15H,4-6H2,1-3H3. The van der Waals surface area contributed by atoms with Crippen LogP contribution in [0.5, 0.6) is 0 Å². The first-order chi connectivity index (χ1) is 8.80. The second kappa shape index (κ2) is 5.87. The molecule has 98 valence electrons. The lowest BCUT2D eigenvalue weighted by Crippen LogP contribution is -2.24. The summed E-state index contributed by atoms with van der Waals surface area (Å²) in [4.78, 5) is 4.46. The predicted molar refractivity (Wildman–Crippen MR) is 71.5 cm³/mol. The molecule has 0 fully saturated rings. The zero-order valence-corrected chi connectivity index (χ0v) is 11.3. The second-order valence-electron chi connectivity index (χ2n) is 4.22. The van der Waals surface area contributed by atoms with E-state index in [1.54, 1.807) is 0 Å². The minimum absolute atomic E-state index is 0.0326. The van der Waals surface area contributed by atoms with Crippen LogP contribution in [0.15, 0.2) is 28.9 Å². The van der Waals surface area contributed by atoms with Crippen molar-refractivity contribution in [3.05, 3.63) is 41.9 Å². The van der Waals surface area contributed by atoms with E-state index in [4.69, 9.17) is 4.42 Å². The number of furan rings is 1. The maximum Gasteiger partial charge on any atom is 0.133 e. The first kappa shape index (κ1) is 12.9. The summed E-state index contributed by atoms with van der Waals surface area (Å²) in [6.07, 6.45) is 4.76. The second-order valence-corrected chi connectivity index (χ2v) is 4.22. The number of hydrogen-bond donors (Lipinski definition) is 1. The highest BCUT2D eigenvalue weighted by Gasteiger charge is 2.21. The average molecular weight is 247 g/mol. The molecule has 2 aromatic heterocycles. The normalized spacial score (nSPS) is 12.8. The molecule has 1 N–H and O–H groups in total. The van der Waals surface area contributed by atoms with Gasteiger partial charge in [-0.15, -0.1) is 0 Å². The fourth-order valence-electron chi connectivity index (χ4n) is 2.11. The van der Waals surface area contributed by atoms with Crippen molar-refractivity contribution in [2.75, 3.05) is 6.54 Å². The van der Waals surface area contributed by atoms with Crippen LogP contribution in [0.4, 0.5) is 0 Å². The smallest absolute Gasteiger partial charge is 0.133 e. The van der Waals surface area contributed by atoms with Gasteiger partial charge in [0.25, 0.3) is 0 Å². The lowest BCUT2D eigenvalue weighted by atomic mass is 10.2. The van der Waals surface area contributed by atoms with Crippen LogP contribution >= 0.6 is 0 Å². The Morgan fingerprint density at radius 2 is 2.17 bits per heavy atom. The molecule has 18 heavy (non-hydrogen) atoms. The molecule has 0 aliphatic rings. The van der Waals surface area contributed by atoms with E-state index in [2.05, 4.69) is 35.6 Å². The molecule has 2 aromatic rings. The van der Waals surface area contributed by atoms with E-state index < -0.39 is 0 Å². The largest absolute Gasteiger partial charge is 0.464 e. The number of rotatable bonds is 6. The van der Waals surface area contributed by atoms with Gasteiger partial charge < -0.3 is 14.3 Å². The maximum atomic E-state index is 5.85. The van der Waals surface area contributed by atoms with E-state index in [9.17, 15) is 0 Å². The van der Waals surface area contributed by atoms with Gasteiger partial charge in [-0.05, 0) is 25.6 Å². The Kier molecular flexibility index (Phi) is 4.20. The molecule has 0 aliphatic carbocycles. The van der Waals surface area contributed by atoms with E-state index >= 15 is 0 Å². The summed E-state index contributed by atoms with van der Waals surface area (Å²) in [6.45, 7) is 8.10. The summed E-state index contributed by atoms with van der Waals surface area (Å²) in [6, 6.07) is 4.12. The van der Waals surface area contributed by atoms with Crippen molar-refractivity contribution in [2.24, 2.45) is 0 Å². The number of nitrogens with one attached hydrogen (secondary N) is 1. The van der Waals surface area contributed by atoms with Crippen LogP contribution in [-0.4, -0.2) is 16.1 Å². The molecule has 0 aliphatic heterocycles. The van der Waals surface area contributed by atoms with Crippen molar-refractivity contribution >= 4 is 0 Å². The van der Waals surface area contributed by atoms with Gasteiger partial charge in [-0.3, -0.25) is 0 Å². The Labute approximate surface area is 108 Å². The molecule has 2 rings (SSSR count). The van der Waals surface area contributed by atoms with Crippen LogP contribution in [0.1, 0.15) is 44.2 Å². The van der Waals surface area contributed by atoms with Crippen molar-refractivity contribution in [2.45, 2.75) is 39.8 Å². The third-order valence-electron chi connectivity index (χ3n) is 3.07. The van der Waals surface area contributed by atoms with Crippen LogP contribution in [0.25, 0.3) is 0 Å². The van der Waals surface area contributed by atoms with Crippen molar-refractivity contribution in [3.63, 3.8) is 0 Å². The topological polar surface area (TPSA) is 43.0 Å². The molecule has 1 atom stereocenters. The minimum Gasteiger partial charge on any atom is -0.464 e. The number of aromatic nitrogens is 2. The molecular weight excluding hydrogens is 226 g/mol. The van der Waals surface area contributed by atoms with Crippen LogP contribution in [0.2, 0.25) is 0 Å². The van der Waals surface area contributed by atoms with E-state index in [0.29, 0.717) is 0 Å². The molecule has 4 nitrogen and oxygen atoms in total. The fraction of sp³-hybridized carbons (Fsp3) is 0.500. The Morgan fingerprint density at radius 3 is 2.78 bits per heavy atom. The maximum absolute atomic E-state index is 5.85. The van der Waals surface area contributed by atoms with E-state index in [0.717, 1.165) is 36.9 Å². The van der Waals surface area contributed by atoms with Crippen LogP contribution in [0, 0.1) is 0 Å². The fourth-order valence-corrected chi connectivity index (χ4v) is 2.11. The average Bonchev–Trinajstić information content (AvgIpc) is 3.04. The molecule has 4 heteroatoms. The summed E-state index contributed by atoms with van der Waals surface area (Å²) in [5.74, 6) is 2.97. The highest BCUT2D eigenvalue weighted by atomic mass is 16.3. The molecule has 0 bridgehead atoms. The van der Waals surface area contributed by atoms with Crippen LogP contribution in [-0.2, 0) is 13.0 Å². The Hall–Kier alpha value is -1.55. The van der Waals surface area contributed by atoms with E-state index in [-0.39, 0.29) is 6.04 Å². The molecule has 0 saturated carbocycles. The molecular formula is C14H21N3O. The molecule has 0 spiro atoms. The van der Waals surface area contributed by atoms with Crippen molar-refractivity contribution in [1.29, 1.82) is 0 Å². The van der Waals surface area contributed by atoms with Gasteiger partial charge in [-0.2, -0.15) is 0 Å². The third-order valence-corrected chi connectivity index (χ3v) is 3.07. The van der Waals surface area contributed by atoms with Crippen LogP contribution < -0.4 is 5.32 Å². The summed E-state index contributed by atoms with van der Waals surface area (Å²) >= 11 is 0. The molecule has 1 unspecified atom stereocenters. The highest BCUT2D eigenvalue weighted by Crippen LogP contribution is 2.23. The van der Waals surface area contributed by atoms with Gasteiger partial charge in [-0.1, -0.05) is 13.8 Å². The Bertz CT molecular complexity index is 487. The first-order valence-electron chi connectivity index (χ1n) is 6.63. The van der Waals surface area contributed by atoms with E-state index in [1.807, 2.05) is 24.5 Å². The highest BCUT2D eigenvalue weighted by molar-refractivity contribution is 5.18. The zero-order valence-electron chi connectivity index (χ0n) is 11.3. The van der Waals surface area contributed by atoms with Gasteiger partial charge >= 0.3 is 0 Å². The molecule has 0 saturated heterocycles. The van der Waals surface area contributed by atoms with Crippen molar-refractivity contribution in [1.82, 2.24) is 14.9 Å². The summed E-state index contributed by atoms with van der Waals surface area (Å²) in [5.41, 5.74) is 0. The first-order valence-corrected chi connectivity index (χ1v) is 6.63. The summed E-state index contributed by atoms with van der Waals surface area (Å²) in [5, 5.41) is 3.44.